The highest BCUT2D eigenvalue weighted by Crippen LogP contribution is 2.37. The molecule has 0 unspecified atom stereocenters. The Morgan fingerprint density at radius 2 is 1.53 bits per heavy atom. The molecule has 0 atom stereocenters. The first kappa shape index (κ1) is 22.6. The number of hydrogen-bond donors (Lipinski definition) is 0. The van der Waals surface area contributed by atoms with Crippen LogP contribution in [-0.4, -0.2) is 13.3 Å². The van der Waals surface area contributed by atoms with Gasteiger partial charge in [-0.25, -0.2) is 0 Å². The zero-order valence-corrected chi connectivity index (χ0v) is 18.5. The summed E-state index contributed by atoms with van der Waals surface area (Å²) >= 11 is 0. The van der Waals surface area contributed by atoms with Crippen molar-refractivity contribution in [1.82, 2.24) is 0 Å². The van der Waals surface area contributed by atoms with Crippen molar-refractivity contribution >= 4 is 0 Å². The predicted molar refractivity (Wildman–Crippen MR) is 126 cm³/mol. The van der Waals surface area contributed by atoms with Crippen LogP contribution in [0, 0.1) is 5.92 Å². The molecule has 0 heterocycles. The average molecular weight is 409 g/mol. The van der Waals surface area contributed by atoms with Gasteiger partial charge in [0.15, 0.2) is 0 Å². The van der Waals surface area contributed by atoms with E-state index < -0.39 is 0 Å². The molecule has 1 aliphatic carbocycles. The molecule has 2 aromatic rings. The number of unbranched alkanes of at least 4 members (excludes halogenated alkanes) is 2. The predicted octanol–water partition coefficient (Wildman–Crippen LogP) is 8.50. The van der Waals surface area contributed by atoms with Gasteiger partial charge in [0.1, 0.15) is 5.75 Å². The summed E-state index contributed by atoms with van der Waals surface area (Å²) in [5, 5.41) is 0. The summed E-state index contributed by atoms with van der Waals surface area (Å²) in [5.41, 5.74) is 3.99. The molecule has 0 spiro atoms. The van der Waals surface area contributed by atoms with Gasteiger partial charge in [-0.1, -0.05) is 61.9 Å². The summed E-state index contributed by atoms with van der Waals surface area (Å²) in [6, 6.07) is 17.6. The average Bonchev–Trinajstić information content (AvgIpc) is 2.80. The summed E-state index contributed by atoms with van der Waals surface area (Å²) in [4.78, 5) is 0. The molecule has 1 nitrogen and oxygen atoms in total. The zero-order valence-electron chi connectivity index (χ0n) is 18.5. The third-order valence-corrected chi connectivity index (χ3v) is 6.32. The van der Waals surface area contributed by atoms with E-state index in [1.54, 1.807) is 0 Å². The SMILES string of the molecule is CCCCOc1ccc(-c2ccc(C3CCC(C/C=C/CCCF)CC3)cc2)cc1. The summed E-state index contributed by atoms with van der Waals surface area (Å²) in [6.07, 6.45) is 14.6. The highest BCUT2D eigenvalue weighted by molar-refractivity contribution is 5.64. The lowest BCUT2D eigenvalue weighted by Crippen LogP contribution is -2.12. The van der Waals surface area contributed by atoms with Crippen molar-refractivity contribution in [3.63, 3.8) is 0 Å². The second kappa shape index (κ2) is 12.6. The Balaban J connectivity index is 1.47. The van der Waals surface area contributed by atoms with Crippen molar-refractivity contribution in [1.29, 1.82) is 0 Å². The molecule has 2 heteroatoms. The smallest absolute Gasteiger partial charge is 0.119 e. The minimum Gasteiger partial charge on any atom is -0.494 e. The summed E-state index contributed by atoms with van der Waals surface area (Å²) < 4.78 is 17.9. The third-order valence-electron chi connectivity index (χ3n) is 6.32. The largest absolute Gasteiger partial charge is 0.494 e. The van der Waals surface area contributed by atoms with E-state index >= 15 is 0 Å². The summed E-state index contributed by atoms with van der Waals surface area (Å²) in [7, 11) is 0. The van der Waals surface area contributed by atoms with E-state index in [0.29, 0.717) is 12.3 Å². The van der Waals surface area contributed by atoms with Crippen LogP contribution in [0.5, 0.6) is 5.75 Å². The van der Waals surface area contributed by atoms with Crippen molar-refractivity contribution < 1.29 is 9.13 Å². The van der Waals surface area contributed by atoms with Crippen molar-refractivity contribution in [2.45, 2.75) is 70.6 Å². The maximum Gasteiger partial charge on any atom is 0.119 e. The van der Waals surface area contributed by atoms with E-state index in [4.69, 9.17) is 4.74 Å². The maximum atomic E-state index is 12.1. The molecule has 0 aliphatic heterocycles. The first-order valence-corrected chi connectivity index (χ1v) is 11.8. The molecule has 0 N–H and O–H groups in total. The number of hydrogen-bond acceptors (Lipinski definition) is 1. The molecule has 0 radical (unpaired) electrons. The van der Waals surface area contributed by atoms with E-state index in [1.807, 2.05) is 0 Å². The fourth-order valence-electron chi connectivity index (χ4n) is 4.36. The van der Waals surface area contributed by atoms with Crippen LogP contribution in [0.1, 0.15) is 76.2 Å². The molecular formula is C28H37FO. The molecule has 0 amide bonds. The second-order valence-corrected chi connectivity index (χ2v) is 8.60. The molecular weight excluding hydrogens is 371 g/mol. The van der Waals surface area contributed by atoms with E-state index in [0.717, 1.165) is 44.0 Å². The highest BCUT2D eigenvalue weighted by Gasteiger charge is 2.21. The lowest BCUT2D eigenvalue weighted by molar-refractivity contribution is 0.309. The molecule has 30 heavy (non-hydrogen) atoms. The fraction of sp³-hybridized carbons (Fsp3) is 0.500. The first-order valence-electron chi connectivity index (χ1n) is 11.8. The van der Waals surface area contributed by atoms with Gasteiger partial charge in [0.2, 0.25) is 0 Å². The Morgan fingerprint density at radius 3 is 2.17 bits per heavy atom. The minimum absolute atomic E-state index is 0.201. The molecule has 0 bridgehead atoms. The molecule has 3 rings (SSSR count). The normalized spacial score (nSPS) is 19.3. The number of alkyl halides is 1. The van der Waals surface area contributed by atoms with Gasteiger partial charge in [-0.3, -0.25) is 4.39 Å². The van der Waals surface area contributed by atoms with Crippen LogP contribution >= 0.6 is 0 Å². The standard InChI is InChI=1S/C28H37FO/c1-2-3-22-30-28-19-17-27(18-20-28)26-15-13-25(14-16-26)24-11-9-23(10-12-24)8-6-4-5-7-21-29/h4,6,13-20,23-24H,2-3,5,7-12,21-22H2,1H3/b6-4+. The number of allylic oxidation sites excluding steroid dienone is 2. The Morgan fingerprint density at radius 1 is 0.867 bits per heavy atom. The summed E-state index contributed by atoms with van der Waals surface area (Å²) in [5.74, 6) is 2.46. The molecule has 0 saturated heterocycles. The highest BCUT2D eigenvalue weighted by atomic mass is 19.1. The van der Waals surface area contributed by atoms with Gasteiger partial charge < -0.3 is 4.74 Å². The van der Waals surface area contributed by atoms with Crippen LogP contribution in [0.3, 0.4) is 0 Å². The fourth-order valence-corrected chi connectivity index (χ4v) is 4.36. The van der Waals surface area contributed by atoms with E-state index in [1.165, 1.54) is 42.4 Å². The first-order chi connectivity index (χ1) is 14.8. The maximum absolute atomic E-state index is 12.1. The van der Waals surface area contributed by atoms with Gasteiger partial charge in [0, 0.05) is 0 Å². The molecule has 0 aromatic heterocycles. The third kappa shape index (κ3) is 7.00. The van der Waals surface area contributed by atoms with E-state index in [9.17, 15) is 4.39 Å². The van der Waals surface area contributed by atoms with Crippen molar-refractivity contribution in [2.75, 3.05) is 13.3 Å². The van der Waals surface area contributed by atoms with E-state index in [2.05, 4.69) is 67.6 Å². The molecule has 1 saturated carbocycles. The zero-order chi connectivity index (χ0) is 21.0. The number of ether oxygens (including phenoxy) is 1. The van der Waals surface area contributed by atoms with Crippen LogP contribution in [0.15, 0.2) is 60.7 Å². The Labute approximate surface area is 182 Å². The van der Waals surface area contributed by atoms with Crippen LogP contribution < -0.4 is 4.74 Å². The van der Waals surface area contributed by atoms with Crippen LogP contribution in [-0.2, 0) is 0 Å². The minimum atomic E-state index is -0.201. The van der Waals surface area contributed by atoms with Gasteiger partial charge in [0.25, 0.3) is 0 Å². The summed E-state index contributed by atoms with van der Waals surface area (Å²) in [6.45, 7) is 2.77. The topological polar surface area (TPSA) is 9.23 Å². The lowest BCUT2D eigenvalue weighted by Gasteiger charge is -2.28. The second-order valence-electron chi connectivity index (χ2n) is 8.60. The Kier molecular flexibility index (Phi) is 9.47. The van der Waals surface area contributed by atoms with Crippen LogP contribution in [0.2, 0.25) is 0 Å². The van der Waals surface area contributed by atoms with Gasteiger partial charge >= 0.3 is 0 Å². The molecule has 2 aromatic carbocycles. The van der Waals surface area contributed by atoms with Gasteiger partial charge in [-0.15, -0.1) is 0 Å². The van der Waals surface area contributed by atoms with Crippen molar-refractivity contribution in [3.05, 3.63) is 66.2 Å². The number of halogens is 1. The van der Waals surface area contributed by atoms with Gasteiger partial charge in [-0.05, 0) is 92.0 Å². The molecule has 1 aliphatic rings. The Hall–Kier alpha value is -2.09. The Bertz CT molecular complexity index is 739. The van der Waals surface area contributed by atoms with E-state index in [-0.39, 0.29) is 6.67 Å². The lowest BCUT2D eigenvalue weighted by atomic mass is 9.77. The number of rotatable bonds is 11. The molecule has 1 fully saturated rings. The van der Waals surface area contributed by atoms with Gasteiger partial charge in [-0.2, -0.15) is 0 Å². The van der Waals surface area contributed by atoms with Crippen molar-refractivity contribution in [2.24, 2.45) is 5.92 Å². The molecule has 162 valence electrons. The monoisotopic (exact) mass is 408 g/mol. The van der Waals surface area contributed by atoms with Crippen molar-refractivity contribution in [3.8, 4) is 16.9 Å². The number of benzene rings is 2. The van der Waals surface area contributed by atoms with Crippen LogP contribution in [0.25, 0.3) is 11.1 Å². The van der Waals surface area contributed by atoms with Gasteiger partial charge in [0.05, 0.1) is 13.3 Å². The quantitative estimate of drug-likeness (QED) is 0.267. The van der Waals surface area contributed by atoms with Crippen LogP contribution in [0.4, 0.5) is 4.39 Å².